The van der Waals surface area contributed by atoms with Gasteiger partial charge in [-0.15, -0.1) is 5.10 Å². The van der Waals surface area contributed by atoms with Crippen LogP contribution in [0.1, 0.15) is 18.4 Å². The van der Waals surface area contributed by atoms with E-state index in [1.165, 1.54) is 6.42 Å². The zero-order chi connectivity index (χ0) is 18.1. The van der Waals surface area contributed by atoms with Gasteiger partial charge in [0.05, 0.1) is 6.04 Å². The zero-order valence-corrected chi connectivity index (χ0v) is 14.8. The fourth-order valence-electron chi connectivity index (χ4n) is 3.99. The van der Waals surface area contributed by atoms with Gasteiger partial charge in [-0.1, -0.05) is 0 Å². The van der Waals surface area contributed by atoms with E-state index in [0.717, 1.165) is 37.3 Å². The summed E-state index contributed by atoms with van der Waals surface area (Å²) < 4.78 is 5.29. The van der Waals surface area contributed by atoms with Crippen LogP contribution in [0.3, 0.4) is 0 Å². The van der Waals surface area contributed by atoms with Crippen molar-refractivity contribution >= 4 is 23.5 Å². The molecule has 0 unspecified atom stereocenters. The van der Waals surface area contributed by atoms with Crippen LogP contribution in [0.15, 0.2) is 29.4 Å². The first-order valence-corrected chi connectivity index (χ1v) is 8.96. The standard InChI is InChI=1S/C18H23N5O3/c1-22-9-13-3-2-8-23(15(13)10-22)18(25)19-14-6-4-12(5-7-14)17-21-20-16(24)11-26-17/h4-7,13,15H,2-3,8-11H2,1H3,(H,19,25)(H,20,24)/t13-,15+/m0/s1. The Labute approximate surface area is 152 Å². The number of carbonyl (C=O) groups is 2. The molecule has 2 atom stereocenters. The molecular formula is C18H23N5O3. The number of amides is 3. The summed E-state index contributed by atoms with van der Waals surface area (Å²) in [4.78, 5) is 28.1. The molecule has 1 aromatic rings. The first-order valence-electron chi connectivity index (χ1n) is 8.96. The number of urea groups is 1. The minimum Gasteiger partial charge on any atom is -0.466 e. The summed E-state index contributed by atoms with van der Waals surface area (Å²) >= 11 is 0. The van der Waals surface area contributed by atoms with Crippen LogP contribution in [0.5, 0.6) is 0 Å². The number of benzene rings is 1. The maximum absolute atomic E-state index is 12.7. The number of nitrogens with zero attached hydrogens (tertiary/aromatic N) is 3. The van der Waals surface area contributed by atoms with Gasteiger partial charge in [0.15, 0.2) is 6.61 Å². The van der Waals surface area contributed by atoms with Crippen LogP contribution in [0, 0.1) is 5.92 Å². The average Bonchev–Trinajstić information content (AvgIpc) is 3.03. The van der Waals surface area contributed by atoms with Crippen LogP contribution < -0.4 is 10.7 Å². The Balaban J connectivity index is 1.41. The number of ether oxygens (including phenoxy) is 1. The summed E-state index contributed by atoms with van der Waals surface area (Å²) in [5, 5.41) is 6.88. The molecule has 4 rings (SSSR count). The Morgan fingerprint density at radius 2 is 2.12 bits per heavy atom. The summed E-state index contributed by atoms with van der Waals surface area (Å²) in [5.74, 6) is 0.684. The first kappa shape index (κ1) is 16.8. The minimum atomic E-state index is -0.268. The van der Waals surface area contributed by atoms with Crippen LogP contribution in [0.4, 0.5) is 10.5 Å². The number of carbonyl (C=O) groups excluding carboxylic acids is 2. The molecule has 2 saturated heterocycles. The predicted molar refractivity (Wildman–Crippen MR) is 96.8 cm³/mol. The Bertz CT molecular complexity index is 733. The third kappa shape index (κ3) is 3.37. The molecule has 8 nitrogen and oxygen atoms in total. The Morgan fingerprint density at radius 1 is 1.31 bits per heavy atom. The summed E-state index contributed by atoms with van der Waals surface area (Å²) in [5.41, 5.74) is 3.87. The monoisotopic (exact) mass is 357 g/mol. The van der Waals surface area contributed by atoms with Crippen molar-refractivity contribution in [3.63, 3.8) is 0 Å². The van der Waals surface area contributed by atoms with Gasteiger partial charge >= 0.3 is 6.03 Å². The van der Waals surface area contributed by atoms with E-state index >= 15 is 0 Å². The molecule has 0 aromatic heterocycles. The number of piperidine rings is 1. The van der Waals surface area contributed by atoms with Crippen molar-refractivity contribution < 1.29 is 14.3 Å². The molecule has 3 aliphatic rings. The van der Waals surface area contributed by atoms with Gasteiger partial charge in [-0.3, -0.25) is 4.79 Å². The summed E-state index contributed by atoms with van der Waals surface area (Å²) in [6.45, 7) is 2.79. The largest absolute Gasteiger partial charge is 0.466 e. The SMILES string of the molecule is CN1C[C@@H]2CCCN(C(=O)Nc3ccc(C4=NNC(=O)CO4)cc3)[C@@H]2C1. The Morgan fingerprint density at radius 3 is 2.85 bits per heavy atom. The summed E-state index contributed by atoms with van der Waals surface area (Å²) in [7, 11) is 2.12. The maximum Gasteiger partial charge on any atom is 0.322 e. The highest BCUT2D eigenvalue weighted by atomic mass is 16.5. The van der Waals surface area contributed by atoms with Gasteiger partial charge in [-0.2, -0.15) is 0 Å². The second-order valence-electron chi connectivity index (χ2n) is 7.13. The molecule has 3 aliphatic heterocycles. The van der Waals surface area contributed by atoms with Gasteiger partial charge in [0.2, 0.25) is 5.90 Å². The van der Waals surface area contributed by atoms with Gasteiger partial charge in [0.25, 0.3) is 5.91 Å². The topological polar surface area (TPSA) is 86.3 Å². The molecule has 26 heavy (non-hydrogen) atoms. The quantitative estimate of drug-likeness (QED) is 0.828. The molecule has 0 spiro atoms. The van der Waals surface area contributed by atoms with Crippen molar-refractivity contribution in [1.82, 2.24) is 15.2 Å². The van der Waals surface area contributed by atoms with Crippen LogP contribution in [0.2, 0.25) is 0 Å². The molecule has 3 amide bonds. The van der Waals surface area contributed by atoms with E-state index in [1.54, 1.807) is 0 Å². The van der Waals surface area contributed by atoms with Gasteiger partial charge in [-0.25, -0.2) is 10.2 Å². The number of likely N-dealkylation sites (tertiary alicyclic amines) is 2. The predicted octanol–water partition coefficient (Wildman–Crippen LogP) is 1.05. The average molecular weight is 357 g/mol. The van der Waals surface area contributed by atoms with Crippen LogP contribution in [0.25, 0.3) is 0 Å². The van der Waals surface area contributed by atoms with Crippen molar-refractivity contribution in [1.29, 1.82) is 0 Å². The number of nitrogens with one attached hydrogen (secondary N) is 2. The normalized spacial score (nSPS) is 25.8. The lowest BCUT2D eigenvalue weighted by Crippen LogP contribution is -2.50. The lowest BCUT2D eigenvalue weighted by atomic mass is 9.92. The number of hydrogen-bond donors (Lipinski definition) is 2. The van der Waals surface area contributed by atoms with E-state index < -0.39 is 0 Å². The molecule has 0 bridgehead atoms. The highest BCUT2D eigenvalue weighted by molar-refractivity contribution is 5.98. The van der Waals surface area contributed by atoms with Crippen molar-refractivity contribution in [2.45, 2.75) is 18.9 Å². The lowest BCUT2D eigenvalue weighted by Gasteiger charge is -2.37. The highest BCUT2D eigenvalue weighted by Gasteiger charge is 2.39. The molecular weight excluding hydrogens is 334 g/mol. The van der Waals surface area contributed by atoms with Crippen molar-refractivity contribution in [2.24, 2.45) is 11.0 Å². The molecule has 138 valence electrons. The summed E-state index contributed by atoms with van der Waals surface area (Å²) in [6.07, 6.45) is 2.26. The van der Waals surface area contributed by atoms with E-state index in [-0.39, 0.29) is 18.5 Å². The lowest BCUT2D eigenvalue weighted by molar-refractivity contribution is -0.124. The smallest absolute Gasteiger partial charge is 0.322 e. The van der Waals surface area contributed by atoms with Gasteiger partial charge in [0, 0.05) is 30.9 Å². The van der Waals surface area contributed by atoms with E-state index in [4.69, 9.17) is 4.74 Å². The Kier molecular flexibility index (Phi) is 4.50. The molecule has 0 radical (unpaired) electrons. The highest BCUT2D eigenvalue weighted by Crippen LogP contribution is 2.30. The van der Waals surface area contributed by atoms with Crippen LogP contribution >= 0.6 is 0 Å². The molecule has 8 heteroatoms. The summed E-state index contributed by atoms with van der Waals surface area (Å²) in [6, 6.07) is 7.53. The minimum absolute atomic E-state index is 0.0384. The fourth-order valence-corrected chi connectivity index (χ4v) is 3.99. The second kappa shape index (κ2) is 6.95. The van der Waals surface area contributed by atoms with Gasteiger partial charge in [0.1, 0.15) is 0 Å². The molecule has 3 heterocycles. The number of fused-ring (bicyclic) bond motifs is 1. The van der Waals surface area contributed by atoms with E-state index in [2.05, 4.69) is 27.8 Å². The molecule has 1 aromatic carbocycles. The van der Waals surface area contributed by atoms with Crippen molar-refractivity contribution in [2.75, 3.05) is 38.6 Å². The van der Waals surface area contributed by atoms with E-state index in [9.17, 15) is 9.59 Å². The number of hydrazone groups is 1. The maximum atomic E-state index is 12.7. The third-order valence-corrected chi connectivity index (χ3v) is 5.23. The molecule has 0 aliphatic carbocycles. The van der Waals surface area contributed by atoms with Crippen LogP contribution in [-0.4, -0.2) is 67.0 Å². The van der Waals surface area contributed by atoms with Crippen LogP contribution in [-0.2, 0) is 9.53 Å². The van der Waals surface area contributed by atoms with Gasteiger partial charge < -0.3 is 19.9 Å². The van der Waals surface area contributed by atoms with E-state index in [0.29, 0.717) is 17.9 Å². The van der Waals surface area contributed by atoms with Crippen molar-refractivity contribution in [3.8, 4) is 0 Å². The van der Waals surface area contributed by atoms with Gasteiger partial charge in [-0.05, 0) is 50.1 Å². The second-order valence-corrected chi connectivity index (χ2v) is 7.13. The number of anilines is 1. The Hall–Kier alpha value is -2.61. The molecule has 0 saturated carbocycles. The first-order chi connectivity index (χ1) is 12.6. The number of rotatable bonds is 2. The number of likely N-dealkylation sites (N-methyl/N-ethyl adjacent to an activating group) is 1. The van der Waals surface area contributed by atoms with Crippen molar-refractivity contribution in [3.05, 3.63) is 29.8 Å². The third-order valence-electron chi connectivity index (χ3n) is 5.23. The fraction of sp³-hybridized carbons (Fsp3) is 0.500. The van der Waals surface area contributed by atoms with E-state index in [1.807, 2.05) is 29.2 Å². The zero-order valence-electron chi connectivity index (χ0n) is 14.8. The molecule has 2 fully saturated rings. The molecule has 2 N–H and O–H groups in total. The number of hydrogen-bond acceptors (Lipinski definition) is 5.